The third-order valence-corrected chi connectivity index (χ3v) is 2.47. The molecule has 0 saturated carbocycles. The van der Waals surface area contributed by atoms with Crippen molar-refractivity contribution >= 4 is 17.7 Å². The molecule has 0 bridgehead atoms. The van der Waals surface area contributed by atoms with Gasteiger partial charge in [-0.1, -0.05) is 12.2 Å². The van der Waals surface area contributed by atoms with Crippen molar-refractivity contribution in [3.63, 3.8) is 0 Å². The number of aromatic amines is 1. The molecule has 2 atom stereocenters. The largest absolute Gasteiger partial charge is 0.481 e. The number of carboxylic acid groups (broad SMARTS) is 1. The standard InChI is InChI=1S/C10H12N4O3/c15-9(16)6-1-2-7(3-6)13-10(17)14-8-4-11-12-5-8/h1-2,4-7H,3H2,(H,11,12)(H,15,16)(H2,13,14,17). The van der Waals surface area contributed by atoms with Crippen LogP contribution in [0.15, 0.2) is 24.5 Å². The highest BCUT2D eigenvalue weighted by molar-refractivity contribution is 5.89. The summed E-state index contributed by atoms with van der Waals surface area (Å²) >= 11 is 0. The van der Waals surface area contributed by atoms with Crippen LogP contribution in [0.5, 0.6) is 0 Å². The van der Waals surface area contributed by atoms with Gasteiger partial charge in [-0.25, -0.2) is 4.79 Å². The minimum Gasteiger partial charge on any atom is -0.481 e. The zero-order valence-corrected chi connectivity index (χ0v) is 8.88. The van der Waals surface area contributed by atoms with Crippen LogP contribution in [0.3, 0.4) is 0 Å². The van der Waals surface area contributed by atoms with E-state index in [1.165, 1.54) is 6.20 Å². The van der Waals surface area contributed by atoms with E-state index in [1.54, 1.807) is 18.3 Å². The first kappa shape index (κ1) is 11.2. The molecule has 17 heavy (non-hydrogen) atoms. The lowest BCUT2D eigenvalue weighted by molar-refractivity contribution is -0.140. The van der Waals surface area contributed by atoms with Crippen molar-refractivity contribution in [1.29, 1.82) is 0 Å². The molecule has 1 aliphatic rings. The van der Waals surface area contributed by atoms with Crippen molar-refractivity contribution in [2.45, 2.75) is 12.5 Å². The highest BCUT2D eigenvalue weighted by Crippen LogP contribution is 2.17. The van der Waals surface area contributed by atoms with E-state index in [0.29, 0.717) is 12.1 Å². The summed E-state index contributed by atoms with van der Waals surface area (Å²) in [5.74, 6) is -1.39. The number of aromatic nitrogens is 2. The van der Waals surface area contributed by atoms with Crippen molar-refractivity contribution in [1.82, 2.24) is 15.5 Å². The summed E-state index contributed by atoms with van der Waals surface area (Å²) < 4.78 is 0. The first-order valence-corrected chi connectivity index (χ1v) is 5.12. The Morgan fingerprint density at radius 1 is 1.47 bits per heavy atom. The van der Waals surface area contributed by atoms with Gasteiger partial charge in [0.1, 0.15) is 0 Å². The van der Waals surface area contributed by atoms with E-state index in [9.17, 15) is 9.59 Å². The maximum Gasteiger partial charge on any atom is 0.319 e. The van der Waals surface area contributed by atoms with Crippen LogP contribution in [0.1, 0.15) is 6.42 Å². The molecule has 0 fully saturated rings. The smallest absolute Gasteiger partial charge is 0.319 e. The molecule has 0 aromatic carbocycles. The average molecular weight is 236 g/mol. The zero-order chi connectivity index (χ0) is 12.3. The number of carbonyl (C=O) groups excluding carboxylic acids is 1. The monoisotopic (exact) mass is 236 g/mol. The van der Waals surface area contributed by atoms with Crippen LogP contribution in [0, 0.1) is 5.92 Å². The molecule has 1 aromatic heterocycles. The molecule has 0 saturated heterocycles. The summed E-state index contributed by atoms with van der Waals surface area (Å²) in [5.41, 5.74) is 0.555. The number of aliphatic carboxylic acids is 1. The van der Waals surface area contributed by atoms with Gasteiger partial charge in [0.2, 0.25) is 0 Å². The fourth-order valence-electron chi connectivity index (χ4n) is 1.64. The second-order valence-corrected chi connectivity index (χ2v) is 3.76. The van der Waals surface area contributed by atoms with Gasteiger partial charge in [0, 0.05) is 6.20 Å². The topological polar surface area (TPSA) is 107 Å². The molecule has 2 rings (SSSR count). The molecular formula is C10H12N4O3. The first-order chi connectivity index (χ1) is 8.15. The lowest BCUT2D eigenvalue weighted by Gasteiger charge is -2.12. The van der Waals surface area contributed by atoms with E-state index < -0.39 is 11.9 Å². The molecule has 0 radical (unpaired) electrons. The third-order valence-electron chi connectivity index (χ3n) is 2.47. The molecule has 7 heteroatoms. The molecule has 4 N–H and O–H groups in total. The predicted octanol–water partition coefficient (Wildman–Crippen LogP) is 0.560. The Bertz CT molecular complexity index is 440. The number of urea groups is 1. The molecule has 1 aromatic rings. The summed E-state index contributed by atoms with van der Waals surface area (Å²) in [6, 6.07) is -0.630. The molecule has 90 valence electrons. The number of carboxylic acids is 1. The van der Waals surface area contributed by atoms with E-state index in [2.05, 4.69) is 20.8 Å². The molecule has 7 nitrogen and oxygen atoms in total. The van der Waals surface area contributed by atoms with Crippen LogP contribution in [-0.4, -0.2) is 33.3 Å². The summed E-state index contributed by atoms with van der Waals surface area (Å²) in [6.07, 6.45) is 6.68. The summed E-state index contributed by atoms with van der Waals surface area (Å²) in [5, 5.41) is 20.3. The van der Waals surface area contributed by atoms with Crippen LogP contribution in [0.25, 0.3) is 0 Å². The van der Waals surface area contributed by atoms with Crippen molar-refractivity contribution in [3.05, 3.63) is 24.5 Å². The minimum absolute atomic E-state index is 0.247. The van der Waals surface area contributed by atoms with Gasteiger partial charge in [-0.15, -0.1) is 0 Å². The third kappa shape index (κ3) is 2.83. The number of rotatable bonds is 3. The maximum absolute atomic E-state index is 11.5. The molecular weight excluding hydrogens is 224 g/mol. The summed E-state index contributed by atoms with van der Waals surface area (Å²) in [6.45, 7) is 0. The van der Waals surface area contributed by atoms with E-state index in [1.807, 2.05) is 0 Å². The van der Waals surface area contributed by atoms with Gasteiger partial charge in [0.25, 0.3) is 0 Å². The van der Waals surface area contributed by atoms with Crippen LogP contribution in [0.2, 0.25) is 0 Å². The van der Waals surface area contributed by atoms with Crippen LogP contribution < -0.4 is 10.6 Å². The second kappa shape index (κ2) is 4.69. The maximum atomic E-state index is 11.5. The van der Waals surface area contributed by atoms with E-state index in [-0.39, 0.29) is 12.1 Å². The summed E-state index contributed by atoms with van der Waals surface area (Å²) in [4.78, 5) is 22.2. The number of nitrogens with zero attached hydrogens (tertiary/aromatic N) is 1. The molecule has 0 aliphatic heterocycles. The highest BCUT2D eigenvalue weighted by Gasteiger charge is 2.25. The fraction of sp³-hybridized carbons (Fsp3) is 0.300. The fourth-order valence-corrected chi connectivity index (χ4v) is 1.64. The number of hydrogen-bond acceptors (Lipinski definition) is 3. The van der Waals surface area contributed by atoms with Gasteiger partial charge in [-0.2, -0.15) is 5.10 Å². The van der Waals surface area contributed by atoms with Gasteiger partial charge in [0.15, 0.2) is 0 Å². The Morgan fingerprint density at radius 3 is 2.88 bits per heavy atom. The Labute approximate surface area is 96.9 Å². The quantitative estimate of drug-likeness (QED) is 0.575. The van der Waals surface area contributed by atoms with E-state index in [4.69, 9.17) is 5.11 Å². The van der Waals surface area contributed by atoms with E-state index in [0.717, 1.165) is 0 Å². The molecule has 1 heterocycles. The van der Waals surface area contributed by atoms with Crippen molar-refractivity contribution < 1.29 is 14.7 Å². The summed E-state index contributed by atoms with van der Waals surface area (Å²) in [7, 11) is 0. The van der Waals surface area contributed by atoms with Gasteiger partial charge in [-0.3, -0.25) is 9.89 Å². The van der Waals surface area contributed by atoms with Gasteiger partial charge in [-0.05, 0) is 6.42 Å². The van der Waals surface area contributed by atoms with Gasteiger partial charge >= 0.3 is 12.0 Å². The van der Waals surface area contributed by atoms with Gasteiger partial charge < -0.3 is 15.7 Å². The second-order valence-electron chi connectivity index (χ2n) is 3.76. The SMILES string of the molecule is O=C(Nc1cn[nH]c1)NC1C=CC(C(=O)O)C1. The average Bonchev–Trinajstić information content (AvgIpc) is 2.88. The molecule has 2 amide bonds. The van der Waals surface area contributed by atoms with Crippen molar-refractivity contribution in [2.24, 2.45) is 5.92 Å². The van der Waals surface area contributed by atoms with Crippen molar-refractivity contribution in [3.8, 4) is 0 Å². The van der Waals surface area contributed by atoms with Gasteiger partial charge in [0.05, 0.1) is 23.8 Å². The number of carbonyl (C=O) groups is 2. The van der Waals surface area contributed by atoms with Crippen molar-refractivity contribution in [2.75, 3.05) is 5.32 Å². The number of H-pyrrole nitrogens is 1. The Morgan fingerprint density at radius 2 is 2.29 bits per heavy atom. The minimum atomic E-state index is -0.874. The highest BCUT2D eigenvalue weighted by atomic mass is 16.4. The molecule has 2 unspecified atom stereocenters. The number of anilines is 1. The lowest BCUT2D eigenvalue weighted by atomic mass is 10.1. The van der Waals surface area contributed by atoms with E-state index >= 15 is 0 Å². The number of amides is 2. The lowest BCUT2D eigenvalue weighted by Crippen LogP contribution is -2.36. The first-order valence-electron chi connectivity index (χ1n) is 5.12. The number of hydrogen-bond donors (Lipinski definition) is 4. The Balaban J connectivity index is 1.81. The van der Waals surface area contributed by atoms with Crippen LogP contribution in [0.4, 0.5) is 10.5 Å². The number of nitrogens with one attached hydrogen (secondary N) is 3. The molecule has 0 spiro atoms. The zero-order valence-electron chi connectivity index (χ0n) is 8.88. The molecule has 1 aliphatic carbocycles. The normalized spacial score (nSPS) is 22.4. The Hall–Kier alpha value is -2.31. The van der Waals surface area contributed by atoms with Crippen LogP contribution >= 0.6 is 0 Å². The Kier molecular flexibility index (Phi) is 3.08. The van der Waals surface area contributed by atoms with Crippen LogP contribution in [-0.2, 0) is 4.79 Å². The predicted molar refractivity (Wildman–Crippen MR) is 59.4 cm³/mol.